The Hall–Kier alpha value is -4.62. The molecule has 0 saturated carbocycles. The number of aromatic nitrogens is 2. The number of hydrogen-bond acceptors (Lipinski definition) is 6. The zero-order valence-corrected chi connectivity index (χ0v) is 23.9. The minimum absolute atomic E-state index is 0.324. The molecule has 1 unspecified atom stereocenters. The number of amides is 3. The summed E-state index contributed by atoms with van der Waals surface area (Å²) in [4.78, 5) is 47.3. The molecule has 0 aliphatic carbocycles. The van der Waals surface area contributed by atoms with Gasteiger partial charge < -0.3 is 20.3 Å². The number of ether oxygens (including phenoxy) is 1. The molecule has 5 rings (SSSR count). The number of imidazole rings is 1. The molecule has 210 valence electrons. The highest BCUT2D eigenvalue weighted by Gasteiger charge is 2.39. The van der Waals surface area contributed by atoms with Crippen molar-refractivity contribution in [3.05, 3.63) is 89.1 Å². The van der Waals surface area contributed by atoms with E-state index in [0.29, 0.717) is 35.7 Å². The third-order valence-corrected chi connectivity index (χ3v) is 7.30. The number of carbonyl (C=O) groups excluding carboxylic acids is 3. The van der Waals surface area contributed by atoms with Crippen LogP contribution in [0.15, 0.2) is 73.1 Å². The summed E-state index contributed by atoms with van der Waals surface area (Å²) < 4.78 is 7.23. The van der Waals surface area contributed by atoms with Crippen molar-refractivity contribution >= 4 is 40.0 Å². The summed E-state index contributed by atoms with van der Waals surface area (Å²) in [5.41, 5.74) is 0.811. The van der Waals surface area contributed by atoms with Gasteiger partial charge in [0.25, 0.3) is 5.91 Å². The van der Waals surface area contributed by atoms with Crippen LogP contribution in [0.5, 0.6) is 0 Å². The van der Waals surface area contributed by atoms with Crippen LogP contribution in [0.25, 0.3) is 4.96 Å². The van der Waals surface area contributed by atoms with Gasteiger partial charge in [0.15, 0.2) is 10.8 Å². The second-order valence-corrected chi connectivity index (χ2v) is 11.7. The highest BCUT2D eigenvalue weighted by molar-refractivity contribution is 7.17. The molecule has 3 amide bonds. The zero-order valence-electron chi connectivity index (χ0n) is 23.1. The molecule has 1 saturated heterocycles. The minimum atomic E-state index is -0.993. The number of benzene rings is 2. The molecule has 1 fully saturated rings. The van der Waals surface area contributed by atoms with Crippen LogP contribution in [0.1, 0.15) is 55.7 Å². The molecule has 0 spiro atoms. The number of anilines is 1. The number of likely N-dealkylation sites (tertiary alicyclic amines) is 1. The molecule has 2 N–H and O–H groups in total. The molecule has 10 heteroatoms. The molecule has 0 bridgehead atoms. The quantitative estimate of drug-likeness (QED) is 0.330. The third kappa shape index (κ3) is 6.94. The van der Waals surface area contributed by atoms with Crippen LogP contribution >= 0.6 is 11.3 Å². The molecule has 4 aromatic rings. The lowest BCUT2D eigenvalue weighted by Crippen LogP contribution is -2.49. The van der Waals surface area contributed by atoms with Crippen molar-refractivity contribution in [3.63, 3.8) is 0 Å². The lowest BCUT2D eigenvalue weighted by Gasteiger charge is -2.29. The fourth-order valence-corrected chi connectivity index (χ4v) is 5.43. The van der Waals surface area contributed by atoms with Crippen LogP contribution in [0.2, 0.25) is 0 Å². The Morgan fingerprint density at radius 3 is 2.41 bits per heavy atom. The van der Waals surface area contributed by atoms with Gasteiger partial charge in [-0.15, -0.1) is 0 Å². The van der Waals surface area contributed by atoms with E-state index in [-0.39, 0.29) is 11.8 Å². The van der Waals surface area contributed by atoms with E-state index in [2.05, 4.69) is 27.5 Å². The average Bonchev–Trinajstić information content (AvgIpc) is 3.66. The normalized spacial score (nSPS) is 15.6. The predicted molar refractivity (Wildman–Crippen MR) is 157 cm³/mol. The number of fused-ring (bicyclic) bond motifs is 1. The Morgan fingerprint density at radius 2 is 1.73 bits per heavy atom. The van der Waals surface area contributed by atoms with Gasteiger partial charge in [0.1, 0.15) is 17.7 Å². The van der Waals surface area contributed by atoms with Crippen LogP contribution in [0.4, 0.5) is 10.6 Å². The number of nitrogens with zero attached hydrogens (tertiary/aromatic N) is 3. The van der Waals surface area contributed by atoms with Gasteiger partial charge in [0.05, 0.1) is 11.1 Å². The van der Waals surface area contributed by atoms with Crippen molar-refractivity contribution in [2.75, 3.05) is 11.9 Å². The van der Waals surface area contributed by atoms with Gasteiger partial charge in [-0.2, -0.15) is 0 Å². The Kier molecular flexibility index (Phi) is 8.08. The first-order valence-electron chi connectivity index (χ1n) is 13.4. The molecular weight excluding hydrogens is 538 g/mol. The molecule has 9 nitrogen and oxygen atoms in total. The van der Waals surface area contributed by atoms with E-state index >= 15 is 0 Å². The fraction of sp³-hybridized carbons (Fsp3) is 0.290. The van der Waals surface area contributed by atoms with Crippen LogP contribution in [0.3, 0.4) is 0 Å². The lowest BCUT2D eigenvalue weighted by molar-refractivity contribution is -0.138. The number of alkyl carbamates (subject to hydrolysis) is 1. The van der Waals surface area contributed by atoms with Crippen molar-refractivity contribution in [1.29, 1.82) is 0 Å². The summed E-state index contributed by atoms with van der Waals surface area (Å²) in [6.07, 6.45) is 4.07. The summed E-state index contributed by atoms with van der Waals surface area (Å²) in [5.74, 6) is 5.98. The van der Waals surface area contributed by atoms with Crippen molar-refractivity contribution in [2.24, 2.45) is 0 Å². The first-order chi connectivity index (χ1) is 19.7. The summed E-state index contributed by atoms with van der Waals surface area (Å²) in [5, 5.41) is 5.57. The third-order valence-electron chi connectivity index (χ3n) is 6.39. The van der Waals surface area contributed by atoms with E-state index in [0.717, 1.165) is 10.4 Å². The van der Waals surface area contributed by atoms with E-state index in [1.54, 1.807) is 51.2 Å². The van der Waals surface area contributed by atoms with Gasteiger partial charge in [-0.25, -0.2) is 9.78 Å². The van der Waals surface area contributed by atoms with Crippen LogP contribution < -0.4 is 10.6 Å². The number of hydrogen-bond donors (Lipinski definition) is 2. The van der Waals surface area contributed by atoms with Gasteiger partial charge in [0, 0.05) is 18.3 Å². The van der Waals surface area contributed by atoms with E-state index in [4.69, 9.17) is 4.74 Å². The summed E-state index contributed by atoms with van der Waals surface area (Å²) >= 11 is 1.42. The monoisotopic (exact) mass is 569 g/mol. The summed E-state index contributed by atoms with van der Waals surface area (Å²) in [7, 11) is 0. The van der Waals surface area contributed by atoms with Crippen molar-refractivity contribution in [1.82, 2.24) is 19.6 Å². The highest BCUT2D eigenvalue weighted by atomic mass is 32.1. The number of nitrogens with one attached hydrogen (secondary N) is 2. The Balaban J connectivity index is 1.28. The maximum absolute atomic E-state index is 13.8. The molecule has 2 aromatic carbocycles. The molecular formula is C31H31N5O4S. The average molecular weight is 570 g/mol. The Labute approximate surface area is 242 Å². The molecule has 3 heterocycles. The van der Waals surface area contributed by atoms with Crippen LogP contribution in [0, 0.1) is 11.8 Å². The van der Waals surface area contributed by atoms with Crippen molar-refractivity contribution < 1.29 is 19.1 Å². The molecule has 0 radical (unpaired) electrons. The molecule has 2 aromatic heterocycles. The zero-order chi connectivity index (χ0) is 29.0. The molecule has 1 aliphatic heterocycles. The topological polar surface area (TPSA) is 105 Å². The Bertz CT molecular complexity index is 1580. The number of carbonyl (C=O) groups is 3. The summed E-state index contributed by atoms with van der Waals surface area (Å²) in [6.45, 7) is 5.67. The van der Waals surface area contributed by atoms with Crippen molar-refractivity contribution in [2.45, 2.75) is 51.3 Å². The predicted octanol–water partition coefficient (Wildman–Crippen LogP) is 4.99. The second-order valence-electron chi connectivity index (χ2n) is 10.7. The maximum Gasteiger partial charge on any atom is 0.408 e. The number of thiazole rings is 1. The number of rotatable bonds is 5. The first kappa shape index (κ1) is 27.9. The van der Waals surface area contributed by atoms with Gasteiger partial charge >= 0.3 is 6.09 Å². The molecule has 1 aliphatic rings. The minimum Gasteiger partial charge on any atom is -0.444 e. The largest absolute Gasteiger partial charge is 0.444 e. The maximum atomic E-state index is 13.8. The Morgan fingerprint density at radius 1 is 1.02 bits per heavy atom. The van der Waals surface area contributed by atoms with Crippen LogP contribution in [-0.2, 0) is 14.3 Å². The van der Waals surface area contributed by atoms with Crippen molar-refractivity contribution in [3.8, 4) is 11.8 Å². The van der Waals surface area contributed by atoms with E-state index < -0.39 is 23.8 Å². The molecule has 41 heavy (non-hydrogen) atoms. The van der Waals surface area contributed by atoms with E-state index in [1.165, 1.54) is 16.2 Å². The molecule has 2 atom stereocenters. The smallest absolute Gasteiger partial charge is 0.408 e. The van der Waals surface area contributed by atoms with Gasteiger partial charge in [-0.1, -0.05) is 65.8 Å². The van der Waals surface area contributed by atoms with Gasteiger partial charge in [-0.3, -0.25) is 14.0 Å². The fourth-order valence-electron chi connectivity index (χ4n) is 4.61. The van der Waals surface area contributed by atoms with Gasteiger partial charge in [0.2, 0.25) is 5.91 Å². The van der Waals surface area contributed by atoms with E-state index in [9.17, 15) is 14.4 Å². The van der Waals surface area contributed by atoms with Gasteiger partial charge in [-0.05, 0) is 57.2 Å². The van der Waals surface area contributed by atoms with E-state index in [1.807, 2.05) is 47.0 Å². The van der Waals surface area contributed by atoms with Crippen LogP contribution in [-0.4, -0.2) is 50.4 Å². The lowest BCUT2D eigenvalue weighted by atomic mass is 10.0. The second kappa shape index (κ2) is 11.9. The first-order valence-corrected chi connectivity index (χ1v) is 14.2. The highest BCUT2D eigenvalue weighted by Crippen LogP contribution is 2.26. The summed E-state index contributed by atoms with van der Waals surface area (Å²) in [6, 6.07) is 17.0. The standard InChI is InChI=1S/C31H31N5O4S/c1-31(2,3)40-30(39)34-26(22-13-8-5-9-14-22)28(38)36-18-10-15-24(36)27(37)32-25-20-35-19-23(41-29(35)33-25)17-16-21-11-6-4-7-12-21/h4-9,11-14,19-20,24,26H,10,15,18H2,1-3H3,(H,32,37)(H,34,39)/t24?,26-/m1/s1. The SMILES string of the molecule is CC(C)(C)OC(=O)N[C@@H](C(=O)N1CCCC1C(=O)Nc1cn2cc(C#Cc3ccccc3)sc2n1)c1ccccc1.